The summed E-state index contributed by atoms with van der Waals surface area (Å²) in [6, 6.07) is 59.5. The molecule has 0 atom stereocenters. The Morgan fingerprint density at radius 2 is 1.00 bits per heavy atom. The van der Waals surface area contributed by atoms with E-state index in [9.17, 15) is 0 Å². The molecule has 9 aromatic carbocycles. The molecule has 2 aromatic heterocycles. The zero-order valence-corrected chi connectivity index (χ0v) is 25.9. The average Bonchev–Trinajstić information content (AvgIpc) is 3.70. The molecule has 0 aliphatic heterocycles. The van der Waals surface area contributed by atoms with E-state index in [1.807, 2.05) is 6.07 Å². The van der Waals surface area contributed by atoms with Crippen molar-refractivity contribution in [1.82, 2.24) is 4.57 Å². The van der Waals surface area contributed by atoms with Gasteiger partial charge in [-0.1, -0.05) is 127 Å². The molecule has 0 amide bonds. The number of rotatable bonds is 3. The van der Waals surface area contributed by atoms with E-state index < -0.39 is 0 Å². The Balaban J connectivity index is 1.16. The molecule has 0 N–H and O–H groups in total. The molecular weight excluding hydrogens is 583 g/mol. The van der Waals surface area contributed by atoms with E-state index in [-0.39, 0.29) is 0 Å². The molecule has 11 aromatic rings. The minimum atomic E-state index is 0.920. The van der Waals surface area contributed by atoms with Gasteiger partial charge in [0.15, 0.2) is 0 Å². The van der Waals surface area contributed by atoms with E-state index in [0.717, 1.165) is 22.2 Å². The van der Waals surface area contributed by atoms with E-state index in [0.29, 0.717) is 0 Å². The van der Waals surface area contributed by atoms with Crippen molar-refractivity contribution in [2.75, 3.05) is 0 Å². The van der Waals surface area contributed by atoms with Gasteiger partial charge in [-0.25, -0.2) is 0 Å². The van der Waals surface area contributed by atoms with Crippen LogP contribution in [0.2, 0.25) is 0 Å². The first-order valence-electron chi connectivity index (χ1n) is 16.5. The number of aromatic nitrogens is 1. The molecule has 0 fully saturated rings. The lowest BCUT2D eigenvalue weighted by atomic mass is 9.87. The summed E-state index contributed by atoms with van der Waals surface area (Å²) in [5.41, 5.74) is 10.3. The molecule has 0 spiro atoms. The number of fused-ring (bicyclic) bond motifs is 7. The Bertz CT molecular complexity index is 3050. The molecule has 0 aliphatic rings. The Kier molecular flexibility index (Phi) is 5.14. The highest BCUT2D eigenvalue weighted by Crippen LogP contribution is 2.44. The van der Waals surface area contributed by atoms with Crippen molar-refractivity contribution in [3.8, 4) is 27.9 Å². The predicted octanol–water partition coefficient (Wildman–Crippen LogP) is 12.9. The third-order valence-electron chi connectivity index (χ3n) is 10.3. The van der Waals surface area contributed by atoms with Crippen LogP contribution >= 0.6 is 0 Å². The van der Waals surface area contributed by atoms with E-state index >= 15 is 0 Å². The largest absolute Gasteiger partial charge is 0.456 e. The van der Waals surface area contributed by atoms with Crippen molar-refractivity contribution in [1.29, 1.82) is 0 Å². The summed E-state index contributed by atoms with van der Waals surface area (Å²) in [4.78, 5) is 0. The Labute approximate surface area is 276 Å². The maximum absolute atomic E-state index is 6.31. The van der Waals surface area contributed by atoms with Gasteiger partial charge >= 0.3 is 0 Å². The summed E-state index contributed by atoms with van der Waals surface area (Å²) >= 11 is 0. The second-order valence-electron chi connectivity index (χ2n) is 12.8. The molecule has 2 nitrogen and oxygen atoms in total. The van der Waals surface area contributed by atoms with Crippen LogP contribution in [0, 0.1) is 0 Å². The minimum Gasteiger partial charge on any atom is -0.456 e. The topological polar surface area (TPSA) is 18.1 Å². The molecule has 0 aliphatic carbocycles. The van der Waals surface area contributed by atoms with Gasteiger partial charge in [0, 0.05) is 27.2 Å². The van der Waals surface area contributed by atoms with Gasteiger partial charge in [0.1, 0.15) is 11.2 Å². The van der Waals surface area contributed by atoms with Crippen LogP contribution in [-0.2, 0) is 0 Å². The standard InChI is InChI=1S/C46H27NO/c1-2-9-28(10-3-1)33-21-17-29-20-24-36-34(22-18-30-19-23-35(33)43(29)44(30)36)31-11-8-12-32(27-31)47-39-15-6-4-13-37(39)45-40(47)25-26-42-46(45)38-14-5-7-16-41(38)48-42/h1-27H. The van der Waals surface area contributed by atoms with E-state index in [1.165, 1.54) is 81.8 Å². The zero-order valence-electron chi connectivity index (χ0n) is 25.9. The van der Waals surface area contributed by atoms with Gasteiger partial charge < -0.3 is 8.98 Å². The number of hydrogen-bond donors (Lipinski definition) is 0. The average molecular weight is 610 g/mol. The molecule has 0 saturated heterocycles. The van der Waals surface area contributed by atoms with Crippen molar-refractivity contribution in [3.63, 3.8) is 0 Å². The van der Waals surface area contributed by atoms with E-state index in [1.54, 1.807) is 0 Å². The Hall–Kier alpha value is -6.38. The summed E-state index contributed by atoms with van der Waals surface area (Å²) in [6.45, 7) is 0. The molecule has 2 heterocycles. The monoisotopic (exact) mass is 609 g/mol. The zero-order chi connectivity index (χ0) is 31.3. The lowest BCUT2D eigenvalue weighted by molar-refractivity contribution is 0.669. The van der Waals surface area contributed by atoms with Gasteiger partial charge in [-0.05, 0) is 91.0 Å². The number of para-hydroxylation sites is 2. The van der Waals surface area contributed by atoms with Crippen molar-refractivity contribution in [3.05, 3.63) is 164 Å². The van der Waals surface area contributed by atoms with Gasteiger partial charge in [-0.2, -0.15) is 0 Å². The van der Waals surface area contributed by atoms with Gasteiger partial charge in [-0.3, -0.25) is 0 Å². The first kappa shape index (κ1) is 25.8. The van der Waals surface area contributed by atoms with Gasteiger partial charge in [-0.15, -0.1) is 0 Å². The predicted molar refractivity (Wildman–Crippen MR) is 203 cm³/mol. The van der Waals surface area contributed by atoms with Crippen molar-refractivity contribution in [2.24, 2.45) is 0 Å². The number of hydrogen-bond acceptors (Lipinski definition) is 1. The number of nitrogens with zero attached hydrogens (tertiary/aromatic N) is 1. The highest BCUT2D eigenvalue weighted by molar-refractivity contribution is 6.29. The Morgan fingerprint density at radius 3 is 1.79 bits per heavy atom. The summed E-state index contributed by atoms with van der Waals surface area (Å²) in [7, 11) is 0. The summed E-state index contributed by atoms with van der Waals surface area (Å²) in [6.07, 6.45) is 0. The van der Waals surface area contributed by atoms with E-state index in [4.69, 9.17) is 4.42 Å². The molecule has 0 bridgehead atoms. The molecule has 48 heavy (non-hydrogen) atoms. The SMILES string of the molecule is c1ccc(-c2ccc3ccc4c(-c5cccc(-n6c7ccccc7c7c8c(ccc76)oc6ccccc68)c5)ccc5ccc2c3c54)cc1. The van der Waals surface area contributed by atoms with Gasteiger partial charge in [0.2, 0.25) is 0 Å². The second kappa shape index (κ2) is 9.57. The summed E-state index contributed by atoms with van der Waals surface area (Å²) in [5.74, 6) is 0. The molecule has 2 heteroatoms. The molecule has 0 saturated carbocycles. The minimum absolute atomic E-state index is 0.920. The summed E-state index contributed by atoms with van der Waals surface area (Å²) in [5, 5.41) is 12.6. The van der Waals surface area contributed by atoms with Crippen molar-refractivity contribution >= 4 is 76.1 Å². The third-order valence-corrected chi connectivity index (χ3v) is 10.3. The van der Waals surface area contributed by atoms with Crippen LogP contribution in [-0.4, -0.2) is 4.57 Å². The fourth-order valence-electron chi connectivity index (χ4n) is 8.29. The third kappa shape index (κ3) is 3.46. The Morgan fingerprint density at radius 1 is 0.354 bits per heavy atom. The highest BCUT2D eigenvalue weighted by atomic mass is 16.3. The normalized spacial score (nSPS) is 12.2. The molecule has 11 rings (SSSR count). The quantitative estimate of drug-likeness (QED) is 0.182. The van der Waals surface area contributed by atoms with E-state index in [2.05, 4.69) is 162 Å². The number of furan rings is 1. The molecular formula is C46H27NO. The smallest absolute Gasteiger partial charge is 0.136 e. The van der Waals surface area contributed by atoms with Crippen LogP contribution in [0.5, 0.6) is 0 Å². The van der Waals surface area contributed by atoms with Crippen LogP contribution in [0.4, 0.5) is 0 Å². The maximum Gasteiger partial charge on any atom is 0.136 e. The van der Waals surface area contributed by atoms with Crippen LogP contribution < -0.4 is 0 Å². The second-order valence-corrected chi connectivity index (χ2v) is 12.8. The molecule has 0 unspecified atom stereocenters. The van der Waals surface area contributed by atoms with Crippen molar-refractivity contribution < 1.29 is 4.42 Å². The van der Waals surface area contributed by atoms with Crippen LogP contribution in [0.25, 0.3) is 104 Å². The van der Waals surface area contributed by atoms with Gasteiger partial charge in [0.05, 0.1) is 11.0 Å². The van der Waals surface area contributed by atoms with Crippen LogP contribution in [0.15, 0.2) is 168 Å². The fraction of sp³-hybridized carbons (Fsp3) is 0. The lowest BCUT2D eigenvalue weighted by Gasteiger charge is -2.17. The molecule has 222 valence electrons. The first-order chi connectivity index (χ1) is 23.8. The van der Waals surface area contributed by atoms with Crippen LogP contribution in [0.1, 0.15) is 0 Å². The highest BCUT2D eigenvalue weighted by Gasteiger charge is 2.19. The van der Waals surface area contributed by atoms with Crippen molar-refractivity contribution in [2.45, 2.75) is 0 Å². The fourth-order valence-corrected chi connectivity index (χ4v) is 8.29. The number of benzene rings is 9. The van der Waals surface area contributed by atoms with Gasteiger partial charge in [0.25, 0.3) is 0 Å². The lowest BCUT2D eigenvalue weighted by Crippen LogP contribution is -1.94. The molecule has 0 radical (unpaired) electrons. The maximum atomic E-state index is 6.31. The first-order valence-corrected chi connectivity index (χ1v) is 16.5. The summed E-state index contributed by atoms with van der Waals surface area (Å²) < 4.78 is 8.73. The van der Waals surface area contributed by atoms with Crippen LogP contribution in [0.3, 0.4) is 0 Å².